The van der Waals surface area contributed by atoms with E-state index >= 15 is 0 Å². The number of carboxylic acids is 1. The van der Waals surface area contributed by atoms with Crippen molar-refractivity contribution in [1.82, 2.24) is 29.7 Å². The quantitative estimate of drug-likeness (QED) is 0.0598. The van der Waals surface area contributed by atoms with E-state index in [1.165, 1.54) is 0 Å². The molecule has 6 aromatic rings. The summed E-state index contributed by atoms with van der Waals surface area (Å²) in [7, 11) is 2.72. The van der Waals surface area contributed by atoms with Crippen molar-refractivity contribution in [3.8, 4) is 17.2 Å². The molecule has 12 heterocycles. The second-order valence-corrected chi connectivity index (χ2v) is 31.1. The maximum Gasteiger partial charge on any atom is 0.306 e. The summed E-state index contributed by atoms with van der Waals surface area (Å²) < 4.78 is 38.5. The maximum atomic E-state index is 15.0. The zero-order valence-electron chi connectivity index (χ0n) is 49.5. The summed E-state index contributed by atoms with van der Waals surface area (Å²) in [4.78, 5) is 63.2. The number of carboxylic acid groups (broad SMARTS) is 1. The van der Waals surface area contributed by atoms with Gasteiger partial charge in [0, 0.05) is 90.8 Å². The summed E-state index contributed by atoms with van der Waals surface area (Å²) in [5.41, 5.74) is 5.42. The number of hydrogen-bond donors (Lipinski definition) is 1. The maximum absolute atomic E-state index is 15.0. The molecule has 0 aliphatic carbocycles. The molecule has 16 nitrogen and oxygen atoms in total. The SMILES string of the molecule is COc1ccc2nccc([C@@H](OC(=O)C[C@H]3CN4CC[C@H]3C[C@H]4[C@H](OC(=O)C[C@H]3CN4CC[C@H]3C[C@H]4[C@H](O[Si](C)(C)C(C)(C)C)c3ccnc4ccc(OC)cc34)c3ccnc4ccc(OC)cc34)[C@@H]3C[C@@H]4CCN3C[C@@H]4CC(=O)O)c2c1. The number of hydrogen-bond acceptors (Lipinski definition) is 15. The minimum Gasteiger partial charge on any atom is -0.497 e. The largest absolute Gasteiger partial charge is 0.497 e. The Labute approximate surface area is 488 Å². The molecular formula is C66H82N6O10Si. The molecule has 9 aliphatic rings. The van der Waals surface area contributed by atoms with Gasteiger partial charge in [-0.2, -0.15) is 0 Å². The van der Waals surface area contributed by atoms with Crippen molar-refractivity contribution in [2.75, 3.05) is 60.6 Å². The first-order chi connectivity index (χ1) is 39.9. The van der Waals surface area contributed by atoms with Gasteiger partial charge in [0.2, 0.25) is 0 Å². The lowest BCUT2D eigenvalue weighted by Crippen LogP contribution is -2.58. The first kappa shape index (κ1) is 57.2. The highest BCUT2D eigenvalue weighted by Crippen LogP contribution is 2.51. The highest BCUT2D eigenvalue weighted by atomic mass is 28.4. The molecule has 0 amide bonds. The lowest BCUT2D eigenvalue weighted by atomic mass is 9.71. The van der Waals surface area contributed by atoms with Crippen LogP contribution in [-0.2, 0) is 28.3 Å². The summed E-state index contributed by atoms with van der Waals surface area (Å²) in [6.45, 7) is 16.2. The van der Waals surface area contributed by atoms with Crippen LogP contribution in [0.25, 0.3) is 32.7 Å². The van der Waals surface area contributed by atoms with Gasteiger partial charge in [0.25, 0.3) is 0 Å². The number of ether oxygens (including phenoxy) is 5. The minimum atomic E-state index is -2.28. The van der Waals surface area contributed by atoms with Gasteiger partial charge in [-0.3, -0.25) is 44.0 Å². The zero-order valence-corrected chi connectivity index (χ0v) is 50.5. The molecule has 6 bridgehead atoms. The highest BCUT2D eigenvalue weighted by Gasteiger charge is 2.51. The standard InChI is InChI=1S/C66H82N6O10Si/c1-66(2,3)83(7,8)82-65(50-17-23-69-56-14-11-47(79-6)35-53(50)56)59-29-41-20-26-72(59)38-44(41)32-62(76)81-64(49-16-22-68-55-13-10-46(78-5)34-52(49)55)58-28-40-19-25-71(58)37-43(40)31-61(75)80-63(48-15-21-67-54-12-9-45(77-4)33-51(48)54)57-27-39-18-24-70(57)36-42(39)30-60(73)74/h9-17,21-23,33-35,39-44,57-59,63-65H,18-20,24-32,36-38H2,1-8H3,(H,73,74)/t39-,40-,41-,42-,43-,44-,57-,58-,59-,63+,64+,65+/m0/s1. The smallest absolute Gasteiger partial charge is 0.306 e. The van der Waals surface area contributed by atoms with Crippen LogP contribution in [0, 0.1) is 35.5 Å². The molecular weight excluding hydrogens is 1060 g/mol. The van der Waals surface area contributed by atoms with Gasteiger partial charge in [-0.1, -0.05) is 20.8 Å². The van der Waals surface area contributed by atoms with E-state index in [1.807, 2.05) is 73.1 Å². The molecule has 0 radical (unpaired) electrons. The van der Waals surface area contributed by atoms with Crippen LogP contribution in [0.5, 0.6) is 17.2 Å². The number of aliphatic carboxylic acids is 1. The van der Waals surface area contributed by atoms with Crippen LogP contribution in [-0.4, -0.2) is 140 Å². The van der Waals surface area contributed by atoms with Gasteiger partial charge >= 0.3 is 17.9 Å². The average Bonchev–Trinajstić information content (AvgIpc) is 2.38. The lowest BCUT2D eigenvalue weighted by Gasteiger charge is -2.54. The third-order valence-electron chi connectivity index (χ3n) is 20.8. The molecule has 15 atom stereocenters. The van der Waals surface area contributed by atoms with E-state index in [1.54, 1.807) is 27.5 Å². The van der Waals surface area contributed by atoms with Gasteiger partial charge in [-0.05, 0) is 190 Å². The monoisotopic (exact) mass is 1150 g/mol. The van der Waals surface area contributed by atoms with Crippen LogP contribution in [0.15, 0.2) is 91.4 Å². The number of benzene rings is 3. The number of carbonyl (C=O) groups excluding carboxylic acids is 2. The number of esters is 2. The van der Waals surface area contributed by atoms with E-state index in [0.717, 1.165) is 120 Å². The number of methoxy groups -OCH3 is 3. The Morgan fingerprint density at radius 2 is 0.892 bits per heavy atom. The van der Waals surface area contributed by atoms with Gasteiger partial charge in [0.15, 0.2) is 8.32 Å². The summed E-state index contributed by atoms with van der Waals surface area (Å²) in [6.07, 6.45) is 10.1. The number of aromatic nitrogens is 3. The molecule has 0 saturated carbocycles. The van der Waals surface area contributed by atoms with E-state index in [0.29, 0.717) is 36.9 Å². The topological polar surface area (TPSA) is 175 Å². The number of carbonyl (C=O) groups is 3. The van der Waals surface area contributed by atoms with Gasteiger partial charge < -0.3 is 33.2 Å². The van der Waals surface area contributed by atoms with E-state index in [-0.39, 0.29) is 83.6 Å². The van der Waals surface area contributed by atoms with Crippen molar-refractivity contribution in [1.29, 1.82) is 0 Å². The predicted molar refractivity (Wildman–Crippen MR) is 320 cm³/mol. The van der Waals surface area contributed by atoms with Gasteiger partial charge in [-0.25, -0.2) is 0 Å². The Hall–Kier alpha value is -6.24. The van der Waals surface area contributed by atoms with Crippen LogP contribution in [0.2, 0.25) is 18.1 Å². The van der Waals surface area contributed by atoms with E-state index < -0.39 is 26.5 Å². The van der Waals surface area contributed by atoms with Gasteiger partial charge in [-0.15, -0.1) is 0 Å². The first-order valence-corrected chi connectivity index (χ1v) is 33.1. The number of piperidine rings is 9. The van der Waals surface area contributed by atoms with Crippen molar-refractivity contribution < 1.29 is 47.6 Å². The molecule has 15 rings (SSSR count). The third-order valence-corrected chi connectivity index (χ3v) is 25.2. The Kier molecular flexibility index (Phi) is 16.1. The van der Waals surface area contributed by atoms with Crippen molar-refractivity contribution in [3.63, 3.8) is 0 Å². The van der Waals surface area contributed by atoms with Gasteiger partial charge in [0.1, 0.15) is 29.5 Å². The molecule has 9 saturated heterocycles. The number of pyridine rings is 3. The first-order valence-electron chi connectivity index (χ1n) is 30.2. The molecule has 1 N–H and O–H groups in total. The summed E-state index contributed by atoms with van der Waals surface area (Å²) in [5.74, 6) is 1.90. The second kappa shape index (κ2) is 23.3. The molecule has 440 valence electrons. The van der Waals surface area contributed by atoms with Crippen LogP contribution >= 0.6 is 0 Å². The fraction of sp³-hybridized carbons (Fsp3) is 0.545. The van der Waals surface area contributed by atoms with Crippen LogP contribution in [0.3, 0.4) is 0 Å². The Balaban J connectivity index is 0.783. The number of rotatable bonds is 19. The average molecular weight is 1150 g/mol. The molecule has 0 spiro atoms. The highest BCUT2D eigenvalue weighted by molar-refractivity contribution is 6.74. The molecule has 3 aromatic carbocycles. The normalized spacial score (nSPS) is 28.6. The Morgan fingerprint density at radius 3 is 1.22 bits per heavy atom. The molecule has 9 fully saturated rings. The zero-order chi connectivity index (χ0) is 57.9. The third kappa shape index (κ3) is 11.4. The summed E-state index contributed by atoms with van der Waals surface area (Å²) in [6, 6.07) is 23.8. The number of fused-ring (bicyclic) bond motifs is 12. The second-order valence-electron chi connectivity index (χ2n) is 26.3. The van der Waals surface area contributed by atoms with Crippen molar-refractivity contribution in [2.24, 2.45) is 35.5 Å². The molecule has 83 heavy (non-hydrogen) atoms. The molecule has 3 aromatic heterocycles. The van der Waals surface area contributed by atoms with Crippen LogP contribution in [0.1, 0.15) is 114 Å². The predicted octanol–water partition coefficient (Wildman–Crippen LogP) is 11.4. The van der Waals surface area contributed by atoms with Crippen molar-refractivity contribution >= 4 is 58.9 Å². The fourth-order valence-electron chi connectivity index (χ4n) is 15.3. The fourth-order valence-corrected chi connectivity index (χ4v) is 16.6. The minimum absolute atomic E-state index is 0.00830. The molecule has 3 unspecified atom stereocenters. The van der Waals surface area contributed by atoms with Gasteiger partial charge in [0.05, 0.1) is 56.1 Å². The lowest BCUT2D eigenvalue weighted by molar-refractivity contribution is -0.165. The van der Waals surface area contributed by atoms with E-state index in [2.05, 4.69) is 65.7 Å². The van der Waals surface area contributed by atoms with Crippen molar-refractivity contribution in [3.05, 3.63) is 108 Å². The van der Waals surface area contributed by atoms with Crippen LogP contribution in [0.4, 0.5) is 0 Å². The van der Waals surface area contributed by atoms with Crippen molar-refractivity contribution in [2.45, 2.75) is 133 Å². The molecule has 9 aliphatic heterocycles. The Morgan fingerprint density at radius 1 is 0.542 bits per heavy atom. The van der Waals surface area contributed by atoms with E-state index in [4.69, 9.17) is 38.1 Å². The molecule has 17 heteroatoms. The Bertz CT molecular complexity index is 3390. The van der Waals surface area contributed by atoms with E-state index in [9.17, 15) is 19.5 Å². The number of nitrogens with zero attached hydrogens (tertiary/aromatic N) is 6. The summed E-state index contributed by atoms with van der Waals surface area (Å²) >= 11 is 0. The van der Waals surface area contributed by atoms with Crippen LogP contribution < -0.4 is 14.2 Å². The summed E-state index contributed by atoms with van der Waals surface area (Å²) in [5, 5.41) is 12.6.